The molecule has 2 N–H and O–H groups in total. The molecule has 0 saturated heterocycles. The molecule has 2 heterocycles. The Kier molecular flexibility index (Phi) is 3.75. The third-order valence-corrected chi connectivity index (χ3v) is 4.23. The summed E-state index contributed by atoms with van der Waals surface area (Å²) in [4.78, 5) is 4.60. The molecule has 0 bridgehead atoms. The van der Waals surface area contributed by atoms with Gasteiger partial charge in [0.1, 0.15) is 17.6 Å². The van der Waals surface area contributed by atoms with Crippen molar-refractivity contribution in [2.24, 2.45) is 0 Å². The van der Waals surface area contributed by atoms with Crippen LogP contribution < -0.4 is 4.74 Å². The van der Waals surface area contributed by atoms with Crippen LogP contribution in [0.25, 0.3) is 33.4 Å². The minimum Gasteiger partial charge on any atom is -0.508 e. The number of hydrogen-bond donors (Lipinski definition) is 2. The number of nitrogens with zero attached hydrogens (tertiary/aromatic N) is 3. The highest BCUT2D eigenvalue weighted by Gasteiger charge is 2.19. The van der Waals surface area contributed by atoms with E-state index >= 15 is 0 Å². The summed E-state index contributed by atoms with van der Waals surface area (Å²) in [7, 11) is 1.60. The minimum atomic E-state index is 0.167. The van der Waals surface area contributed by atoms with Gasteiger partial charge in [-0.25, -0.2) is 4.98 Å². The van der Waals surface area contributed by atoms with Crippen LogP contribution in [0.15, 0.2) is 54.7 Å². The van der Waals surface area contributed by atoms with Gasteiger partial charge in [0.2, 0.25) is 0 Å². The zero-order valence-corrected chi connectivity index (χ0v) is 13.9. The number of methoxy groups -OCH3 is 1. The van der Waals surface area contributed by atoms with Crippen molar-refractivity contribution in [1.29, 1.82) is 5.26 Å². The predicted octanol–water partition coefficient (Wildman–Crippen LogP) is 3.88. The lowest BCUT2D eigenvalue weighted by Crippen LogP contribution is -1.96. The van der Waals surface area contributed by atoms with Crippen LogP contribution in [0, 0.1) is 11.3 Å². The van der Waals surface area contributed by atoms with Crippen molar-refractivity contribution in [3.8, 4) is 40.0 Å². The standard InChI is InChI=1S/C20H14N4O2/c1-26-15-8-4-13(5-9-15)19-16(10-21)18(12-2-6-14(25)7-3-12)17-11-22-24-20(17)23-19/h2-9,11,25H,1H3,(H,22,23,24). The summed E-state index contributed by atoms with van der Waals surface area (Å²) in [5, 5.41) is 27.2. The molecule has 0 saturated carbocycles. The van der Waals surface area contributed by atoms with E-state index in [4.69, 9.17) is 4.74 Å². The van der Waals surface area contributed by atoms with Gasteiger partial charge in [0.15, 0.2) is 5.65 Å². The van der Waals surface area contributed by atoms with E-state index in [1.807, 2.05) is 24.3 Å². The first-order chi connectivity index (χ1) is 12.7. The second-order valence-electron chi connectivity index (χ2n) is 5.73. The van der Waals surface area contributed by atoms with Crippen molar-refractivity contribution in [2.45, 2.75) is 0 Å². The average molecular weight is 342 g/mol. The molecular weight excluding hydrogens is 328 g/mol. The number of benzene rings is 2. The summed E-state index contributed by atoms with van der Waals surface area (Å²) >= 11 is 0. The Bertz CT molecular complexity index is 1120. The molecule has 6 heteroatoms. The van der Waals surface area contributed by atoms with E-state index in [1.54, 1.807) is 37.6 Å². The third-order valence-electron chi connectivity index (χ3n) is 4.23. The van der Waals surface area contributed by atoms with Crippen molar-refractivity contribution >= 4 is 11.0 Å². The number of phenolic OH excluding ortho intramolecular Hbond substituents is 1. The number of rotatable bonds is 3. The van der Waals surface area contributed by atoms with Crippen LogP contribution in [0.4, 0.5) is 0 Å². The summed E-state index contributed by atoms with van der Waals surface area (Å²) < 4.78 is 5.20. The quantitative estimate of drug-likeness (QED) is 0.589. The maximum absolute atomic E-state index is 9.88. The van der Waals surface area contributed by atoms with Gasteiger partial charge in [-0.15, -0.1) is 0 Å². The van der Waals surface area contributed by atoms with Crippen molar-refractivity contribution in [2.75, 3.05) is 7.11 Å². The Labute approximate surface area is 149 Å². The summed E-state index contributed by atoms with van der Waals surface area (Å²) in [6, 6.07) is 16.4. The SMILES string of the molecule is COc1ccc(-c2nc3[nH]ncc3c(-c3ccc(O)cc3)c2C#N)cc1. The first-order valence-corrected chi connectivity index (χ1v) is 7.92. The zero-order chi connectivity index (χ0) is 18.1. The Morgan fingerprint density at radius 2 is 1.73 bits per heavy atom. The molecule has 6 nitrogen and oxygen atoms in total. The average Bonchev–Trinajstić information content (AvgIpc) is 3.15. The fourth-order valence-electron chi connectivity index (χ4n) is 2.96. The molecule has 4 aromatic rings. The zero-order valence-electron chi connectivity index (χ0n) is 13.9. The number of H-pyrrole nitrogens is 1. The van der Waals surface area contributed by atoms with Gasteiger partial charge in [0.25, 0.3) is 0 Å². The highest BCUT2D eigenvalue weighted by Crippen LogP contribution is 2.36. The maximum Gasteiger partial charge on any atom is 0.156 e. The van der Waals surface area contributed by atoms with E-state index in [0.717, 1.165) is 27.8 Å². The normalized spacial score (nSPS) is 10.6. The predicted molar refractivity (Wildman–Crippen MR) is 97.7 cm³/mol. The summed E-state index contributed by atoms with van der Waals surface area (Å²) in [6.45, 7) is 0. The molecule has 0 aliphatic carbocycles. The molecule has 0 aliphatic heterocycles. The van der Waals surface area contributed by atoms with Gasteiger partial charge in [0.05, 0.1) is 24.6 Å². The number of ether oxygens (including phenoxy) is 1. The van der Waals surface area contributed by atoms with Crippen molar-refractivity contribution in [3.05, 3.63) is 60.3 Å². The Balaban J connectivity index is 2.02. The minimum absolute atomic E-state index is 0.167. The van der Waals surface area contributed by atoms with Gasteiger partial charge < -0.3 is 9.84 Å². The lowest BCUT2D eigenvalue weighted by Gasteiger charge is -2.11. The van der Waals surface area contributed by atoms with Crippen LogP contribution in [-0.2, 0) is 0 Å². The van der Waals surface area contributed by atoms with Crippen LogP contribution >= 0.6 is 0 Å². The number of hydrogen-bond acceptors (Lipinski definition) is 5. The summed E-state index contributed by atoms with van der Waals surface area (Å²) in [6.07, 6.45) is 1.66. The molecule has 4 rings (SSSR count). The number of aromatic hydroxyl groups is 1. The van der Waals surface area contributed by atoms with Crippen molar-refractivity contribution < 1.29 is 9.84 Å². The number of fused-ring (bicyclic) bond motifs is 1. The molecule has 0 aliphatic rings. The lowest BCUT2D eigenvalue weighted by molar-refractivity contribution is 0.415. The first kappa shape index (κ1) is 15.7. The molecule has 0 amide bonds. The van der Waals surface area contributed by atoms with Gasteiger partial charge in [0, 0.05) is 16.5 Å². The van der Waals surface area contributed by atoms with Crippen LogP contribution in [0.5, 0.6) is 11.5 Å². The van der Waals surface area contributed by atoms with E-state index in [9.17, 15) is 10.4 Å². The van der Waals surface area contributed by atoms with Gasteiger partial charge in [-0.1, -0.05) is 12.1 Å². The van der Waals surface area contributed by atoms with Crippen LogP contribution in [-0.4, -0.2) is 27.4 Å². The van der Waals surface area contributed by atoms with E-state index in [-0.39, 0.29) is 5.75 Å². The molecule has 0 atom stereocenters. The van der Waals surface area contributed by atoms with Crippen LogP contribution in [0.1, 0.15) is 5.56 Å². The first-order valence-electron chi connectivity index (χ1n) is 7.92. The number of aromatic amines is 1. The number of nitriles is 1. The number of nitrogens with one attached hydrogen (secondary N) is 1. The van der Waals surface area contributed by atoms with E-state index in [0.29, 0.717) is 16.9 Å². The van der Waals surface area contributed by atoms with Gasteiger partial charge in [-0.2, -0.15) is 10.4 Å². The molecule has 0 fully saturated rings. The highest BCUT2D eigenvalue weighted by atomic mass is 16.5. The number of aromatic nitrogens is 3. The molecule has 26 heavy (non-hydrogen) atoms. The van der Waals surface area contributed by atoms with Crippen molar-refractivity contribution in [3.63, 3.8) is 0 Å². The molecule has 126 valence electrons. The van der Waals surface area contributed by atoms with Gasteiger partial charge >= 0.3 is 0 Å². The van der Waals surface area contributed by atoms with Gasteiger partial charge in [-0.3, -0.25) is 5.10 Å². The Morgan fingerprint density at radius 3 is 2.38 bits per heavy atom. The van der Waals surface area contributed by atoms with E-state index in [1.165, 1.54) is 0 Å². The molecule has 0 radical (unpaired) electrons. The monoisotopic (exact) mass is 342 g/mol. The fraction of sp³-hybridized carbons (Fsp3) is 0.0500. The van der Waals surface area contributed by atoms with E-state index < -0.39 is 0 Å². The lowest BCUT2D eigenvalue weighted by atomic mass is 9.94. The molecule has 0 unspecified atom stereocenters. The number of phenols is 1. The fourth-order valence-corrected chi connectivity index (χ4v) is 2.96. The topological polar surface area (TPSA) is 94.8 Å². The van der Waals surface area contributed by atoms with Gasteiger partial charge in [-0.05, 0) is 42.0 Å². The van der Waals surface area contributed by atoms with Crippen LogP contribution in [0.2, 0.25) is 0 Å². The second-order valence-corrected chi connectivity index (χ2v) is 5.73. The summed E-state index contributed by atoms with van der Waals surface area (Å²) in [5.74, 6) is 0.897. The van der Waals surface area contributed by atoms with Crippen molar-refractivity contribution in [1.82, 2.24) is 15.2 Å². The largest absolute Gasteiger partial charge is 0.508 e. The third kappa shape index (κ3) is 2.52. The molecule has 0 spiro atoms. The maximum atomic E-state index is 9.88. The second kappa shape index (κ2) is 6.22. The Morgan fingerprint density at radius 1 is 1.04 bits per heavy atom. The molecule has 2 aromatic heterocycles. The smallest absolute Gasteiger partial charge is 0.156 e. The van der Waals surface area contributed by atoms with Crippen LogP contribution in [0.3, 0.4) is 0 Å². The molecular formula is C20H14N4O2. The Hall–Kier alpha value is -3.85. The molecule has 2 aromatic carbocycles. The summed E-state index contributed by atoms with van der Waals surface area (Å²) in [5.41, 5.74) is 3.96. The highest BCUT2D eigenvalue weighted by molar-refractivity contribution is 5.99. The number of pyridine rings is 1. The van der Waals surface area contributed by atoms with E-state index in [2.05, 4.69) is 21.3 Å².